The van der Waals surface area contributed by atoms with Gasteiger partial charge in [-0.15, -0.1) is 0 Å². The van der Waals surface area contributed by atoms with Crippen molar-refractivity contribution in [2.75, 3.05) is 12.7 Å². The maximum absolute atomic E-state index is 12.4. The topological polar surface area (TPSA) is 370 Å². The molecule has 4 heterocycles. The number of esters is 1. The average Bonchev–Trinajstić information content (AvgIpc) is 3.57. The van der Waals surface area contributed by atoms with Crippen molar-refractivity contribution in [3.8, 4) is 0 Å². The Morgan fingerprint density at radius 3 is 1.71 bits per heavy atom. The van der Waals surface area contributed by atoms with Crippen LogP contribution in [0.5, 0.6) is 0 Å². The van der Waals surface area contributed by atoms with Crippen LogP contribution in [0.1, 0.15) is 35.7 Å². The van der Waals surface area contributed by atoms with E-state index in [1.165, 1.54) is 6.20 Å². The van der Waals surface area contributed by atoms with Gasteiger partial charge in [0.25, 0.3) is 11.1 Å². The minimum Gasteiger partial charge on any atom is -0.870 e. The summed E-state index contributed by atoms with van der Waals surface area (Å²) in [5.74, 6) is -0.674. The Labute approximate surface area is 306 Å². The zero-order chi connectivity index (χ0) is 35.2. The van der Waals surface area contributed by atoms with Gasteiger partial charge in [0, 0.05) is 37.4 Å². The van der Waals surface area contributed by atoms with E-state index in [-0.39, 0.29) is 58.9 Å². The van der Waals surface area contributed by atoms with E-state index in [0.29, 0.717) is 0 Å². The maximum atomic E-state index is 12.4. The number of carbonyl (C=O) groups is 1. The summed E-state index contributed by atoms with van der Waals surface area (Å²) >= 11 is 0. The molecule has 1 aromatic carbocycles. The molecule has 2 aliphatic heterocycles. The molecule has 0 bridgehead atoms. The zero-order valence-corrected chi connectivity index (χ0v) is 30.1. The van der Waals surface area contributed by atoms with Gasteiger partial charge in [-0.1, -0.05) is 18.2 Å². The molecule has 2 fully saturated rings. The molecule has 2 unspecified atom stereocenters. The van der Waals surface area contributed by atoms with Gasteiger partial charge in [-0.2, -0.15) is 0 Å². The SMILES string of the molecule is O.O=C(OC1C[C@@H](OCP(=O)(O)O)O[C@H]1n1ccc(=O)[nH]c1=O)c1ccccc1.O=c1ccn([C@@H]2O[C@H](OCP(=O)(O)O)CC2O)c(=O)[nH]1.[Na+].[OH-]. The molecule has 6 atom stereocenters. The summed E-state index contributed by atoms with van der Waals surface area (Å²) in [7, 11) is -8.79. The molecule has 0 spiro atoms. The standard InChI is InChI=1S/C16H17N2O9P.C9H13N2O8P.Na.2H2O/c19-12-6-7-18(16(21)17-12)14-11(8-13(27-14)25-9-28(22,23)24)26-15(20)10-4-2-1-3-5-10;12-5-3-7(18-4-20(15,16)17)19-8(5)11-2-1-6(13)10-9(11)14;;;/h1-7,11,13-14H,8-9H2,(H,17,19,21)(H2,22,23,24);1-2,5,7-8,12H,3-4H2,(H,10,13,14)(H2,15,16,17);;2*1H2/q;;+1;;/p-1/t11?,13-,14+;5?,7-,8+;;;/m00.../s1. The van der Waals surface area contributed by atoms with Crippen molar-refractivity contribution in [1.82, 2.24) is 19.1 Å². The number of nitrogens with zero attached hydrogens (tertiary/aromatic N) is 2. The Morgan fingerprint density at radius 2 is 1.24 bits per heavy atom. The molecule has 51 heavy (non-hydrogen) atoms. The fourth-order valence-electron chi connectivity index (χ4n) is 4.43. The largest absolute Gasteiger partial charge is 1.00 e. The van der Waals surface area contributed by atoms with E-state index in [4.69, 9.17) is 43.3 Å². The van der Waals surface area contributed by atoms with Gasteiger partial charge in [0.2, 0.25) is 0 Å². The van der Waals surface area contributed by atoms with Crippen molar-refractivity contribution < 1.29 is 103 Å². The number of hydrogen-bond acceptors (Lipinski definition) is 14. The molecule has 10 N–H and O–H groups in total. The van der Waals surface area contributed by atoms with E-state index in [2.05, 4.69) is 4.98 Å². The normalized spacial score (nSPS) is 22.7. The second-order valence-corrected chi connectivity index (χ2v) is 13.4. The van der Waals surface area contributed by atoms with Crippen LogP contribution in [-0.2, 0) is 32.8 Å². The Morgan fingerprint density at radius 1 is 0.784 bits per heavy atom. The van der Waals surface area contributed by atoms with Gasteiger partial charge >= 0.3 is 62.1 Å². The zero-order valence-electron chi connectivity index (χ0n) is 26.4. The third kappa shape index (κ3) is 13.9. The van der Waals surface area contributed by atoms with E-state index in [0.717, 1.165) is 27.5 Å². The molecule has 23 nitrogen and oxygen atoms in total. The summed E-state index contributed by atoms with van der Waals surface area (Å²) in [6.07, 6.45) is -6.11. The fraction of sp³-hybridized carbons (Fsp3) is 0.400. The Balaban J connectivity index is 0.000000505. The predicted molar refractivity (Wildman–Crippen MR) is 163 cm³/mol. The van der Waals surface area contributed by atoms with Gasteiger partial charge in [-0.05, 0) is 12.1 Å². The average molecular weight is 778 g/mol. The number of H-pyrrole nitrogens is 2. The second-order valence-electron chi connectivity index (χ2n) is 10.2. The predicted octanol–water partition coefficient (Wildman–Crippen LogP) is -5.54. The van der Waals surface area contributed by atoms with Crippen LogP contribution in [0.3, 0.4) is 0 Å². The number of aromatic nitrogens is 4. The minimum atomic E-state index is -4.45. The van der Waals surface area contributed by atoms with Crippen molar-refractivity contribution in [3.05, 3.63) is 102 Å². The summed E-state index contributed by atoms with van der Waals surface area (Å²) in [5, 5.41) is 9.79. The van der Waals surface area contributed by atoms with Crippen LogP contribution in [-0.4, -0.2) is 98.2 Å². The quantitative estimate of drug-likeness (QED) is 0.0573. The molecule has 278 valence electrons. The first-order valence-electron chi connectivity index (χ1n) is 13.7. The molecule has 3 aromatic rings. The van der Waals surface area contributed by atoms with Crippen LogP contribution >= 0.6 is 15.2 Å². The van der Waals surface area contributed by atoms with E-state index in [1.54, 1.807) is 30.3 Å². The van der Waals surface area contributed by atoms with Gasteiger partial charge in [-0.25, -0.2) is 14.4 Å². The van der Waals surface area contributed by atoms with E-state index >= 15 is 0 Å². The number of ether oxygens (including phenoxy) is 5. The molecule has 26 heteroatoms. The molecule has 0 saturated carbocycles. The van der Waals surface area contributed by atoms with Crippen LogP contribution in [0, 0.1) is 0 Å². The van der Waals surface area contributed by atoms with Crippen LogP contribution in [0.4, 0.5) is 0 Å². The number of rotatable bonds is 10. The van der Waals surface area contributed by atoms with Crippen LogP contribution in [0.15, 0.2) is 74.0 Å². The number of aliphatic hydroxyl groups is 1. The van der Waals surface area contributed by atoms with E-state index in [9.17, 15) is 38.2 Å². The van der Waals surface area contributed by atoms with Crippen molar-refractivity contribution in [2.24, 2.45) is 0 Å². The number of hydrogen-bond donors (Lipinski definition) is 7. The molecular weight excluding hydrogens is 745 g/mol. The van der Waals surface area contributed by atoms with Crippen molar-refractivity contribution in [3.63, 3.8) is 0 Å². The number of aliphatic hydroxyl groups excluding tert-OH is 1. The molecule has 5 rings (SSSR count). The van der Waals surface area contributed by atoms with Crippen molar-refractivity contribution in [1.29, 1.82) is 0 Å². The van der Waals surface area contributed by atoms with E-state index in [1.807, 2.05) is 4.98 Å². The van der Waals surface area contributed by atoms with Gasteiger partial charge in [0.1, 0.15) is 6.10 Å². The summed E-state index contributed by atoms with van der Waals surface area (Å²) in [6.45, 7) is 0. The summed E-state index contributed by atoms with van der Waals surface area (Å²) in [4.78, 5) is 97.5. The third-order valence-corrected chi connectivity index (χ3v) is 7.43. The number of nitrogens with one attached hydrogen (secondary N) is 2. The van der Waals surface area contributed by atoms with Crippen molar-refractivity contribution in [2.45, 2.75) is 50.1 Å². The number of carbonyl (C=O) groups excluding carboxylic acids is 1. The third-order valence-electron chi connectivity index (χ3n) is 6.46. The first kappa shape index (κ1) is 46.1. The summed E-state index contributed by atoms with van der Waals surface area (Å²) < 4.78 is 49.6. The molecular formula is C25H33N4NaO19P2. The summed E-state index contributed by atoms with van der Waals surface area (Å²) in [5.41, 5.74) is -2.50. The fourth-order valence-corrected chi connectivity index (χ4v) is 5.15. The first-order chi connectivity index (χ1) is 22.5. The molecule has 0 amide bonds. The van der Waals surface area contributed by atoms with Crippen molar-refractivity contribution >= 4 is 21.2 Å². The Bertz CT molecular complexity index is 1910. The molecule has 2 aliphatic rings. The second kappa shape index (κ2) is 19.8. The van der Waals surface area contributed by atoms with Gasteiger partial charge in [0.15, 0.2) is 43.8 Å². The van der Waals surface area contributed by atoms with Gasteiger partial charge in [0.05, 0.1) is 5.56 Å². The summed E-state index contributed by atoms with van der Waals surface area (Å²) in [6, 6.07) is 10.3. The molecule has 0 radical (unpaired) electrons. The smallest absolute Gasteiger partial charge is 0.870 e. The van der Waals surface area contributed by atoms with Crippen LogP contribution < -0.4 is 52.1 Å². The van der Waals surface area contributed by atoms with Crippen LogP contribution in [0.25, 0.3) is 0 Å². The Kier molecular flexibility index (Phi) is 17.9. The monoisotopic (exact) mass is 778 g/mol. The van der Waals surface area contributed by atoms with E-state index < -0.39 is 93.6 Å². The number of benzene rings is 1. The minimum absolute atomic E-state index is 0. The van der Waals surface area contributed by atoms with Gasteiger partial charge < -0.3 is 59.3 Å². The molecule has 2 saturated heterocycles. The van der Waals surface area contributed by atoms with Gasteiger partial charge in [-0.3, -0.25) is 37.8 Å². The van der Waals surface area contributed by atoms with Crippen LogP contribution in [0.2, 0.25) is 0 Å². The number of aromatic amines is 2. The first-order valence-corrected chi connectivity index (χ1v) is 17.3. The molecule has 0 aliphatic carbocycles. The maximum Gasteiger partial charge on any atom is 1.00 e. The Hall–Kier alpha value is -2.93. The molecule has 2 aromatic heterocycles.